The van der Waals surface area contributed by atoms with Gasteiger partial charge in [-0.25, -0.2) is 15.0 Å². The molecule has 6 heteroatoms. The van der Waals surface area contributed by atoms with Crippen LogP contribution in [0.5, 0.6) is 0 Å². The summed E-state index contributed by atoms with van der Waals surface area (Å²) in [5.74, 6) is 1.12. The second kappa shape index (κ2) is 6.00. The van der Waals surface area contributed by atoms with Crippen molar-refractivity contribution in [3.63, 3.8) is 0 Å². The van der Waals surface area contributed by atoms with Gasteiger partial charge in [0.2, 0.25) is 0 Å². The number of hydrogen-bond acceptors (Lipinski definition) is 5. The molecule has 3 aromatic rings. The Kier molecular flexibility index (Phi) is 3.86. The summed E-state index contributed by atoms with van der Waals surface area (Å²) in [4.78, 5) is 16.9. The van der Waals surface area contributed by atoms with E-state index in [1.165, 1.54) is 6.08 Å². The van der Waals surface area contributed by atoms with E-state index in [4.69, 9.17) is 10.2 Å². The molecule has 1 aromatic carbocycles. The van der Waals surface area contributed by atoms with Gasteiger partial charge < -0.3 is 10.1 Å². The molecule has 2 aromatic heterocycles. The van der Waals surface area contributed by atoms with E-state index < -0.39 is 5.60 Å². The quantitative estimate of drug-likeness (QED) is 0.694. The highest BCUT2D eigenvalue weighted by atomic mass is 16.3. The van der Waals surface area contributed by atoms with Crippen LogP contribution in [0.25, 0.3) is 22.6 Å². The maximum absolute atomic E-state index is 10.1. The Morgan fingerprint density at radius 3 is 2.59 bits per heavy atom. The first-order chi connectivity index (χ1) is 12.8. The fraction of sp³-hybridized carbons (Fsp3) is 0.333. The monoisotopic (exact) mass is 359 g/mol. The molecule has 0 spiro atoms. The summed E-state index contributed by atoms with van der Waals surface area (Å²) >= 11 is 0. The van der Waals surface area contributed by atoms with E-state index in [2.05, 4.69) is 27.9 Å². The zero-order chi connectivity index (χ0) is 19.2. The molecular formula is C21H21N5O. The molecule has 2 heterocycles. The molecule has 1 unspecified atom stereocenters. The van der Waals surface area contributed by atoms with Crippen molar-refractivity contribution in [3.8, 4) is 17.5 Å². The van der Waals surface area contributed by atoms with Crippen molar-refractivity contribution < 1.29 is 5.11 Å². The van der Waals surface area contributed by atoms with E-state index in [1.807, 2.05) is 30.3 Å². The number of aliphatic hydroxyl groups is 1. The van der Waals surface area contributed by atoms with Crippen molar-refractivity contribution in [1.82, 2.24) is 19.9 Å². The van der Waals surface area contributed by atoms with Crippen LogP contribution in [-0.2, 0) is 11.0 Å². The van der Waals surface area contributed by atoms with Gasteiger partial charge in [-0.05, 0) is 31.7 Å². The highest BCUT2D eigenvalue weighted by Gasteiger charge is 2.53. The molecular weight excluding hydrogens is 338 g/mol. The zero-order valence-electron chi connectivity index (χ0n) is 15.6. The molecule has 1 fully saturated rings. The molecule has 2 atom stereocenters. The van der Waals surface area contributed by atoms with Gasteiger partial charge >= 0.3 is 0 Å². The van der Waals surface area contributed by atoms with E-state index in [-0.39, 0.29) is 5.41 Å². The first kappa shape index (κ1) is 17.4. The summed E-state index contributed by atoms with van der Waals surface area (Å²) in [5, 5.41) is 19.0. The molecule has 1 aliphatic rings. The standard InChI is InChI=1S/C21H21N5O/c1-13-11-21(13,9-4-10-22)17-16-19(24-12-23-17)26-18(25-16)14-5-7-15(8-6-14)20(2,3)27/h4-9,12-13,27H,11H2,1-3H3,(H,23,24,25,26)/b9-4+/t13?,21-/m0/s1. The molecule has 0 amide bonds. The third-order valence-electron chi connectivity index (χ3n) is 5.41. The summed E-state index contributed by atoms with van der Waals surface area (Å²) in [7, 11) is 0. The number of benzene rings is 1. The van der Waals surface area contributed by atoms with Crippen molar-refractivity contribution in [3.05, 3.63) is 54.0 Å². The van der Waals surface area contributed by atoms with Gasteiger partial charge in [0.15, 0.2) is 5.65 Å². The molecule has 0 bridgehead atoms. The van der Waals surface area contributed by atoms with Crippen molar-refractivity contribution in [2.45, 2.75) is 38.2 Å². The van der Waals surface area contributed by atoms with Crippen molar-refractivity contribution in [2.75, 3.05) is 0 Å². The first-order valence-corrected chi connectivity index (χ1v) is 8.97. The molecule has 0 aliphatic heterocycles. The number of rotatable bonds is 4. The molecule has 27 heavy (non-hydrogen) atoms. The minimum atomic E-state index is -0.882. The number of allylic oxidation sites excluding steroid dienone is 2. The Balaban J connectivity index is 1.78. The lowest BCUT2D eigenvalue weighted by atomic mass is 9.97. The number of H-pyrrole nitrogens is 1. The van der Waals surface area contributed by atoms with Crippen LogP contribution in [0, 0.1) is 17.2 Å². The van der Waals surface area contributed by atoms with Crippen LogP contribution < -0.4 is 0 Å². The number of hydrogen-bond donors (Lipinski definition) is 2. The Labute approximate surface area is 157 Å². The maximum Gasteiger partial charge on any atom is 0.161 e. The largest absolute Gasteiger partial charge is 0.386 e. The topological polar surface area (TPSA) is 98.5 Å². The minimum absolute atomic E-state index is 0.242. The summed E-state index contributed by atoms with van der Waals surface area (Å²) in [6.45, 7) is 5.67. The lowest BCUT2D eigenvalue weighted by Gasteiger charge is -2.17. The van der Waals surface area contributed by atoms with Crippen LogP contribution in [0.4, 0.5) is 0 Å². The van der Waals surface area contributed by atoms with Gasteiger partial charge in [-0.2, -0.15) is 5.26 Å². The average molecular weight is 359 g/mol. The van der Waals surface area contributed by atoms with Crippen molar-refractivity contribution in [1.29, 1.82) is 5.26 Å². The van der Waals surface area contributed by atoms with Crippen LogP contribution in [0.1, 0.15) is 38.4 Å². The third-order valence-corrected chi connectivity index (χ3v) is 5.41. The van der Waals surface area contributed by atoms with Crippen LogP contribution >= 0.6 is 0 Å². The smallest absolute Gasteiger partial charge is 0.161 e. The molecule has 0 radical (unpaired) electrons. The lowest BCUT2D eigenvalue weighted by molar-refractivity contribution is 0.0786. The Morgan fingerprint density at radius 2 is 2.00 bits per heavy atom. The molecule has 1 aliphatic carbocycles. The Bertz CT molecular complexity index is 1070. The summed E-state index contributed by atoms with van der Waals surface area (Å²) < 4.78 is 0. The zero-order valence-corrected chi connectivity index (χ0v) is 15.6. The Morgan fingerprint density at radius 1 is 1.30 bits per heavy atom. The Hall–Kier alpha value is -3.04. The SMILES string of the molecule is CC1C[C@]1(/C=C/C#N)c1ncnc2[nH]c(-c3ccc(C(C)(C)O)cc3)nc12. The van der Waals surface area contributed by atoms with Gasteiger partial charge in [0.05, 0.1) is 17.4 Å². The fourth-order valence-corrected chi connectivity index (χ4v) is 3.62. The van der Waals surface area contributed by atoms with Gasteiger partial charge in [-0.1, -0.05) is 37.3 Å². The normalized spacial score (nSPS) is 22.3. The second-order valence-electron chi connectivity index (χ2n) is 7.75. The van der Waals surface area contributed by atoms with Gasteiger partial charge in [0.1, 0.15) is 17.7 Å². The van der Waals surface area contributed by atoms with Gasteiger partial charge in [-0.3, -0.25) is 0 Å². The third kappa shape index (κ3) is 2.90. The number of aromatic nitrogens is 4. The molecule has 0 saturated heterocycles. The van der Waals surface area contributed by atoms with E-state index >= 15 is 0 Å². The maximum atomic E-state index is 10.1. The minimum Gasteiger partial charge on any atom is -0.386 e. The highest BCUT2D eigenvalue weighted by Crippen LogP contribution is 2.55. The van der Waals surface area contributed by atoms with Crippen molar-refractivity contribution in [2.24, 2.45) is 5.92 Å². The molecule has 2 N–H and O–H groups in total. The van der Waals surface area contributed by atoms with Crippen LogP contribution in [0.15, 0.2) is 42.7 Å². The van der Waals surface area contributed by atoms with Crippen molar-refractivity contribution >= 4 is 11.2 Å². The molecule has 1 saturated carbocycles. The summed E-state index contributed by atoms with van der Waals surface area (Å²) in [6, 6.07) is 9.74. The van der Waals surface area contributed by atoms with Gasteiger partial charge in [0, 0.05) is 17.1 Å². The number of fused-ring (bicyclic) bond motifs is 1. The van der Waals surface area contributed by atoms with Crippen LogP contribution in [-0.4, -0.2) is 25.0 Å². The predicted octanol–water partition coefficient (Wildman–Crippen LogP) is 3.60. The van der Waals surface area contributed by atoms with Crippen LogP contribution in [0.3, 0.4) is 0 Å². The fourth-order valence-electron chi connectivity index (χ4n) is 3.62. The summed E-state index contributed by atoms with van der Waals surface area (Å²) in [5.41, 5.74) is 2.92. The van der Waals surface area contributed by atoms with E-state index in [1.54, 1.807) is 20.2 Å². The molecule has 4 rings (SSSR count). The number of nitriles is 1. The first-order valence-electron chi connectivity index (χ1n) is 8.97. The average Bonchev–Trinajstić information content (AvgIpc) is 3.10. The lowest BCUT2D eigenvalue weighted by Crippen LogP contribution is -2.14. The summed E-state index contributed by atoms with van der Waals surface area (Å²) in [6.07, 6.45) is 5.95. The van der Waals surface area contributed by atoms with E-state index in [0.717, 1.165) is 28.8 Å². The number of imidazole rings is 1. The molecule has 136 valence electrons. The van der Waals surface area contributed by atoms with E-state index in [0.29, 0.717) is 17.4 Å². The van der Waals surface area contributed by atoms with Gasteiger partial charge in [-0.15, -0.1) is 0 Å². The van der Waals surface area contributed by atoms with Crippen LogP contribution in [0.2, 0.25) is 0 Å². The number of nitrogens with zero attached hydrogens (tertiary/aromatic N) is 4. The highest BCUT2D eigenvalue weighted by molar-refractivity contribution is 5.80. The second-order valence-corrected chi connectivity index (χ2v) is 7.75. The number of nitrogens with one attached hydrogen (secondary N) is 1. The number of aromatic amines is 1. The molecule has 6 nitrogen and oxygen atoms in total. The van der Waals surface area contributed by atoms with E-state index in [9.17, 15) is 5.11 Å². The predicted molar refractivity (Wildman–Crippen MR) is 103 cm³/mol. The van der Waals surface area contributed by atoms with Gasteiger partial charge in [0.25, 0.3) is 0 Å².